The van der Waals surface area contributed by atoms with Gasteiger partial charge in [0.05, 0.1) is 0 Å². The van der Waals surface area contributed by atoms with Crippen molar-refractivity contribution in [3.05, 3.63) is 0 Å². The van der Waals surface area contributed by atoms with Crippen molar-refractivity contribution in [1.82, 2.24) is 0 Å². The zero-order valence-electron chi connectivity index (χ0n) is 9.80. The summed E-state index contributed by atoms with van der Waals surface area (Å²) in [5.74, 6) is 0. The van der Waals surface area contributed by atoms with Crippen LogP contribution in [0.4, 0.5) is 0 Å². The molecule has 0 bridgehead atoms. The molecule has 12 heteroatoms. The van der Waals surface area contributed by atoms with E-state index in [0.717, 1.165) is 0 Å². The van der Waals surface area contributed by atoms with Gasteiger partial charge in [-0.25, -0.2) is 0 Å². The van der Waals surface area contributed by atoms with E-state index in [9.17, 15) is 14.7 Å². The standard InChI is InChI=1S/C8H13Cl8O3P/c9-5(1-7(11,12)13)3-20(17,18,19)4-6(10)2-8(14,15)16/h5-6,17-19H,1-4H2. The SMILES string of the molecule is OP(O)(O)(CC(Cl)CC(Cl)(Cl)Cl)CC(Cl)CC(Cl)(Cl)Cl. The van der Waals surface area contributed by atoms with Crippen molar-refractivity contribution in [3.8, 4) is 0 Å². The van der Waals surface area contributed by atoms with Crippen LogP contribution in [0.25, 0.3) is 0 Å². The molecular weight excluding hydrogens is 459 g/mol. The van der Waals surface area contributed by atoms with Crippen LogP contribution in [0.3, 0.4) is 0 Å². The molecule has 0 aliphatic carbocycles. The molecule has 0 rings (SSSR count). The summed E-state index contributed by atoms with van der Waals surface area (Å²) in [6.07, 6.45) is -1.53. The van der Waals surface area contributed by atoms with E-state index in [0.29, 0.717) is 0 Å². The van der Waals surface area contributed by atoms with Gasteiger partial charge in [-0.1, -0.05) is 0 Å². The van der Waals surface area contributed by atoms with Crippen LogP contribution in [0.5, 0.6) is 0 Å². The normalized spacial score (nSPS) is 19.2. The van der Waals surface area contributed by atoms with Crippen molar-refractivity contribution in [2.75, 3.05) is 12.3 Å². The second kappa shape index (κ2) is 7.68. The Morgan fingerprint density at radius 1 is 0.700 bits per heavy atom. The van der Waals surface area contributed by atoms with Crippen LogP contribution in [-0.4, -0.2) is 45.3 Å². The molecule has 0 heterocycles. The molecule has 3 nitrogen and oxygen atoms in total. The van der Waals surface area contributed by atoms with Crippen molar-refractivity contribution in [3.63, 3.8) is 0 Å². The van der Waals surface area contributed by atoms with Crippen LogP contribution in [0, 0.1) is 0 Å². The van der Waals surface area contributed by atoms with Crippen molar-refractivity contribution >= 4 is 100 Å². The van der Waals surface area contributed by atoms with Gasteiger partial charge in [-0.05, 0) is 0 Å². The van der Waals surface area contributed by atoms with Crippen molar-refractivity contribution in [2.45, 2.75) is 31.2 Å². The van der Waals surface area contributed by atoms with E-state index in [1.54, 1.807) is 0 Å². The zero-order valence-corrected chi connectivity index (χ0v) is 16.7. The minimum atomic E-state index is -5.12. The first-order valence-corrected chi connectivity index (χ1v) is 10.7. The van der Waals surface area contributed by atoms with E-state index in [-0.39, 0.29) is 12.8 Å². The summed E-state index contributed by atoms with van der Waals surface area (Å²) in [7, 11) is -5.12. The predicted molar refractivity (Wildman–Crippen MR) is 92.4 cm³/mol. The minimum absolute atomic E-state index is 0.184. The summed E-state index contributed by atoms with van der Waals surface area (Å²) in [5, 5.41) is -1.95. The Morgan fingerprint density at radius 3 is 1.15 bits per heavy atom. The summed E-state index contributed by atoms with van der Waals surface area (Å²) in [5.41, 5.74) is 0. The van der Waals surface area contributed by atoms with Gasteiger partial charge in [0.1, 0.15) is 0 Å². The summed E-state index contributed by atoms with van der Waals surface area (Å²) < 4.78 is -3.35. The van der Waals surface area contributed by atoms with E-state index < -0.39 is 37.9 Å². The van der Waals surface area contributed by atoms with Gasteiger partial charge in [0.25, 0.3) is 0 Å². The molecule has 20 heavy (non-hydrogen) atoms. The van der Waals surface area contributed by atoms with Gasteiger partial charge in [-0.15, -0.1) is 0 Å². The molecule has 0 aromatic rings. The second-order valence-corrected chi connectivity index (χ2v) is 14.2. The first kappa shape index (κ1) is 22.6. The third-order valence-corrected chi connectivity index (χ3v) is 6.40. The van der Waals surface area contributed by atoms with Gasteiger partial charge < -0.3 is 0 Å². The molecule has 2 atom stereocenters. The van der Waals surface area contributed by atoms with Gasteiger partial charge in [0.15, 0.2) is 0 Å². The molecule has 3 N–H and O–H groups in total. The van der Waals surface area contributed by atoms with E-state index in [1.165, 1.54) is 0 Å². The summed E-state index contributed by atoms with van der Waals surface area (Å²) in [6.45, 7) is 0. The monoisotopic (exact) mass is 468 g/mol. The second-order valence-electron chi connectivity index (χ2n) is 4.54. The summed E-state index contributed by atoms with van der Waals surface area (Å²) in [6, 6.07) is 0. The van der Waals surface area contributed by atoms with E-state index in [2.05, 4.69) is 0 Å². The van der Waals surface area contributed by atoms with Crippen LogP contribution in [0.2, 0.25) is 0 Å². The third-order valence-electron chi connectivity index (χ3n) is 2.05. The number of halogens is 8. The number of rotatable bonds is 6. The van der Waals surface area contributed by atoms with Gasteiger partial charge in [-0.2, -0.15) is 0 Å². The van der Waals surface area contributed by atoms with Crippen LogP contribution in [0.15, 0.2) is 0 Å². The topological polar surface area (TPSA) is 60.7 Å². The molecule has 0 fully saturated rings. The van der Waals surface area contributed by atoms with E-state index >= 15 is 0 Å². The molecule has 0 spiro atoms. The van der Waals surface area contributed by atoms with Gasteiger partial charge in [0, 0.05) is 0 Å². The summed E-state index contributed by atoms with van der Waals surface area (Å²) in [4.78, 5) is 29.8. The maximum atomic E-state index is 9.93. The summed E-state index contributed by atoms with van der Waals surface area (Å²) >= 11 is 44.9. The fourth-order valence-corrected chi connectivity index (χ4v) is 7.30. The molecule has 0 amide bonds. The first-order valence-electron chi connectivity index (χ1n) is 5.14. The molecule has 0 aliphatic heterocycles. The average molecular weight is 472 g/mol. The van der Waals surface area contributed by atoms with Crippen molar-refractivity contribution in [2.24, 2.45) is 0 Å². The Bertz CT molecular complexity index is 292. The van der Waals surface area contributed by atoms with E-state index in [4.69, 9.17) is 92.8 Å². The molecular formula is C8H13Cl8O3P. The Balaban J connectivity index is 4.64. The first-order chi connectivity index (χ1) is 8.47. The average Bonchev–Trinajstić information content (AvgIpc) is 1.87. The molecule has 124 valence electrons. The third kappa shape index (κ3) is 13.1. The van der Waals surface area contributed by atoms with E-state index in [1.807, 2.05) is 0 Å². The fraction of sp³-hybridized carbons (Fsp3) is 1.00. The van der Waals surface area contributed by atoms with Crippen LogP contribution in [-0.2, 0) is 0 Å². The molecule has 0 aromatic heterocycles. The molecule has 0 saturated carbocycles. The Labute approximate surface area is 157 Å². The van der Waals surface area contributed by atoms with Gasteiger partial charge >= 0.3 is 158 Å². The number of alkyl halides is 8. The van der Waals surface area contributed by atoms with Gasteiger partial charge in [-0.3, -0.25) is 0 Å². The zero-order chi connectivity index (χ0) is 16.4. The molecule has 0 aromatic carbocycles. The van der Waals surface area contributed by atoms with Crippen molar-refractivity contribution < 1.29 is 14.7 Å². The molecule has 0 radical (unpaired) electrons. The molecule has 0 aliphatic rings. The quantitative estimate of drug-likeness (QED) is 0.377. The fourth-order valence-electron chi connectivity index (χ4n) is 1.52. The maximum absolute atomic E-state index is 9.93. The molecule has 0 saturated heterocycles. The van der Waals surface area contributed by atoms with Crippen LogP contribution < -0.4 is 0 Å². The van der Waals surface area contributed by atoms with Crippen LogP contribution >= 0.6 is 100 Å². The van der Waals surface area contributed by atoms with Crippen LogP contribution in [0.1, 0.15) is 12.8 Å². The predicted octanol–water partition coefficient (Wildman–Crippen LogP) is 5.00. The number of hydrogen-bond acceptors (Lipinski definition) is 3. The Morgan fingerprint density at radius 2 is 0.950 bits per heavy atom. The van der Waals surface area contributed by atoms with Gasteiger partial charge in [0.2, 0.25) is 0 Å². The van der Waals surface area contributed by atoms with Crippen molar-refractivity contribution in [1.29, 1.82) is 0 Å². The number of hydrogen-bond donors (Lipinski definition) is 3. The Kier molecular flexibility index (Phi) is 8.69. The molecule has 2 unspecified atom stereocenters. The Hall–Kier alpha value is 2.63.